The van der Waals surface area contributed by atoms with Gasteiger partial charge in [-0.25, -0.2) is 4.98 Å². The monoisotopic (exact) mass is 326 g/mol. The van der Waals surface area contributed by atoms with E-state index in [0.29, 0.717) is 25.5 Å². The molecule has 2 atom stereocenters. The van der Waals surface area contributed by atoms with Crippen LogP contribution in [0.3, 0.4) is 0 Å². The Bertz CT molecular complexity index is 742. The van der Waals surface area contributed by atoms with Crippen molar-refractivity contribution >= 4 is 5.91 Å². The minimum Gasteiger partial charge on any atom is -0.366 e. The van der Waals surface area contributed by atoms with Gasteiger partial charge in [-0.3, -0.25) is 9.89 Å². The third kappa shape index (κ3) is 2.82. The number of hydrogen-bond donors (Lipinski definition) is 1. The number of amides is 1. The van der Waals surface area contributed by atoms with E-state index < -0.39 is 0 Å². The van der Waals surface area contributed by atoms with Gasteiger partial charge in [0, 0.05) is 6.54 Å². The zero-order chi connectivity index (χ0) is 16.5. The largest absolute Gasteiger partial charge is 0.366 e. The van der Waals surface area contributed by atoms with Crippen LogP contribution in [0.2, 0.25) is 0 Å². The van der Waals surface area contributed by atoms with E-state index in [9.17, 15) is 4.79 Å². The highest BCUT2D eigenvalue weighted by Gasteiger charge is 2.34. The van der Waals surface area contributed by atoms with E-state index in [-0.39, 0.29) is 17.9 Å². The Balaban J connectivity index is 1.52. The number of carbonyl (C=O) groups is 1. The Kier molecular flexibility index (Phi) is 4.06. The van der Waals surface area contributed by atoms with Gasteiger partial charge in [0.25, 0.3) is 0 Å². The van der Waals surface area contributed by atoms with E-state index in [1.807, 2.05) is 17.9 Å². The fraction of sp³-hybridized carbons (Fsp3) is 0.500. The summed E-state index contributed by atoms with van der Waals surface area (Å²) in [7, 11) is 0. The van der Waals surface area contributed by atoms with Crippen LogP contribution in [0, 0.1) is 6.92 Å². The SMILES string of the molecule is Cc1nc([C@H]2CN(C(=O)[C@@H]3CCCc4ccccc43)CCO2)n[nH]1. The summed E-state index contributed by atoms with van der Waals surface area (Å²) < 4.78 is 5.78. The number of rotatable bonds is 2. The van der Waals surface area contributed by atoms with Crippen LogP contribution in [0.15, 0.2) is 24.3 Å². The molecule has 0 spiro atoms. The molecule has 24 heavy (non-hydrogen) atoms. The van der Waals surface area contributed by atoms with Gasteiger partial charge in [0.1, 0.15) is 11.9 Å². The quantitative estimate of drug-likeness (QED) is 0.918. The summed E-state index contributed by atoms with van der Waals surface area (Å²) in [4.78, 5) is 19.4. The number of fused-ring (bicyclic) bond motifs is 1. The maximum atomic E-state index is 13.1. The van der Waals surface area contributed by atoms with Gasteiger partial charge in [-0.05, 0) is 37.3 Å². The molecule has 1 N–H and O–H groups in total. The van der Waals surface area contributed by atoms with E-state index in [4.69, 9.17) is 4.74 Å². The van der Waals surface area contributed by atoms with Crippen molar-refractivity contribution in [3.63, 3.8) is 0 Å². The molecule has 4 rings (SSSR count). The predicted molar refractivity (Wildman–Crippen MR) is 88.5 cm³/mol. The lowest BCUT2D eigenvalue weighted by Crippen LogP contribution is -2.45. The van der Waals surface area contributed by atoms with Gasteiger partial charge in [-0.15, -0.1) is 0 Å². The molecule has 1 aliphatic heterocycles. The number of aryl methyl sites for hydroxylation is 2. The minimum absolute atomic E-state index is 0.0254. The summed E-state index contributed by atoms with van der Waals surface area (Å²) in [5, 5.41) is 7.02. The molecule has 0 unspecified atom stereocenters. The lowest BCUT2D eigenvalue weighted by molar-refractivity contribution is -0.141. The molecule has 6 heteroatoms. The number of aromatic nitrogens is 3. The van der Waals surface area contributed by atoms with E-state index in [1.165, 1.54) is 11.1 Å². The number of H-pyrrole nitrogens is 1. The fourth-order valence-corrected chi connectivity index (χ4v) is 3.74. The first kappa shape index (κ1) is 15.3. The highest BCUT2D eigenvalue weighted by Crippen LogP contribution is 2.34. The zero-order valence-electron chi connectivity index (χ0n) is 13.9. The van der Waals surface area contributed by atoms with Gasteiger partial charge in [-0.1, -0.05) is 24.3 Å². The molecule has 0 saturated carbocycles. The van der Waals surface area contributed by atoms with Crippen LogP contribution in [0.5, 0.6) is 0 Å². The predicted octanol–water partition coefficient (Wildman–Crippen LogP) is 2.13. The highest BCUT2D eigenvalue weighted by atomic mass is 16.5. The van der Waals surface area contributed by atoms with Gasteiger partial charge in [0.05, 0.1) is 19.1 Å². The van der Waals surface area contributed by atoms with Crippen molar-refractivity contribution in [3.8, 4) is 0 Å². The average molecular weight is 326 g/mol. The van der Waals surface area contributed by atoms with E-state index in [0.717, 1.165) is 25.1 Å². The first-order valence-corrected chi connectivity index (χ1v) is 8.59. The molecule has 1 amide bonds. The molecular formula is C18H22N4O2. The molecule has 1 fully saturated rings. The van der Waals surface area contributed by atoms with Crippen LogP contribution >= 0.6 is 0 Å². The van der Waals surface area contributed by atoms with Crippen LogP contribution in [0.4, 0.5) is 0 Å². The topological polar surface area (TPSA) is 71.1 Å². The summed E-state index contributed by atoms with van der Waals surface area (Å²) in [6.45, 7) is 3.55. The van der Waals surface area contributed by atoms with Crippen LogP contribution in [-0.4, -0.2) is 45.7 Å². The van der Waals surface area contributed by atoms with Gasteiger partial charge in [0.2, 0.25) is 5.91 Å². The van der Waals surface area contributed by atoms with Crippen LogP contribution in [0.25, 0.3) is 0 Å². The molecule has 2 aromatic rings. The average Bonchev–Trinajstić information content (AvgIpc) is 3.07. The molecule has 1 aromatic heterocycles. The number of nitrogens with one attached hydrogen (secondary N) is 1. The third-order valence-corrected chi connectivity index (χ3v) is 4.95. The second-order valence-electron chi connectivity index (χ2n) is 6.57. The first-order valence-electron chi connectivity index (χ1n) is 8.59. The van der Waals surface area contributed by atoms with Crippen molar-refractivity contribution in [2.75, 3.05) is 19.7 Å². The van der Waals surface area contributed by atoms with Crippen molar-refractivity contribution in [1.82, 2.24) is 20.1 Å². The second-order valence-corrected chi connectivity index (χ2v) is 6.57. The van der Waals surface area contributed by atoms with Crippen LogP contribution in [0.1, 0.15) is 47.6 Å². The van der Waals surface area contributed by atoms with Crippen molar-refractivity contribution < 1.29 is 9.53 Å². The highest BCUT2D eigenvalue weighted by molar-refractivity contribution is 5.84. The van der Waals surface area contributed by atoms with Gasteiger partial charge < -0.3 is 9.64 Å². The number of carbonyl (C=O) groups excluding carboxylic acids is 1. The molecule has 126 valence electrons. The maximum Gasteiger partial charge on any atom is 0.230 e. The molecule has 1 aliphatic carbocycles. The van der Waals surface area contributed by atoms with E-state index in [1.54, 1.807) is 0 Å². The first-order chi connectivity index (χ1) is 11.7. The molecule has 0 radical (unpaired) electrons. The second kappa shape index (κ2) is 6.36. The van der Waals surface area contributed by atoms with E-state index >= 15 is 0 Å². The van der Waals surface area contributed by atoms with Crippen molar-refractivity contribution in [3.05, 3.63) is 47.0 Å². The van der Waals surface area contributed by atoms with Gasteiger partial charge in [-0.2, -0.15) is 5.10 Å². The van der Waals surface area contributed by atoms with Gasteiger partial charge in [0.15, 0.2) is 5.82 Å². The Morgan fingerprint density at radius 2 is 2.25 bits per heavy atom. The Morgan fingerprint density at radius 1 is 1.38 bits per heavy atom. The normalized spacial score (nSPS) is 23.8. The van der Waals surface area contributed by atoms with E-state index in [2.05, 4.69) is 33.4 Å². The Hall–Kier alpha value is -2.21. The Morgan fingerprint density at radius 3 is 3.08 bits per heavy atom. The summed E-state index contributed by atoms with van der Waals surface area (Å²) >= 11 is 0. The maximum absolute atomic E-state index is 13.1. The summed E-state index contributed by atoms with van der Waals surface area (Å²) in [6.07, 6.45) is 2.83. The molecule has 2 heterocycles. The number of nitrogens with zero attached hydrogens (tertiary/aromatic N) is 3. The van der Waals surface area contributed by atoms with Crippen LogP contribution < -0.4 is 0 Å². The van der Waals surface area contributed by atoms with Crippen molar-refractivity contribution in [1.29, 1.82) is 0 Å². The van der Waals surface area contributed by atoms with Gasteiger partial charge >= 0.3 is 0 Å². The van der Waals surface area contributed by atoms with Crippen molar-refractivity contribution in [2.24, 2.45) is 0 Å². The molecule has 1 aromatic carbocycles. The summed E-state index contributed by atoms with van der Waals surface area (Å²) in [5.74, 6) is 1.58. The molecule has 2 aliphatic rings. The number of benzene rings is 1. The Labute approximate surface area is 141 Å². The number of morpholine rings is 1. The zero-order valence-corrected chi connectivity index (χ0v) is 13.9. The minimum atomic E-state index is -0.244. The lowest BCUT2D eigenvalue weighted by atomic mass is 9.82. The standard InChI is InChI=1S/C18H22N4O2/c1-12-19-17(21-20-12)16-11-22(9-10-24-16)18(23)15-8-4-6-13-5-2-3-7-14(13)15/h2-3,5,7,15-16H,4,6,8-11H2,1H3,(H,19,20,21)/t15-,16-/m1/s1. The molecule has 1 saturated heterocycles. The fourth-order valence-electron chi connectivity index (χ4n) is 3.74. The number of ether oxygens (including phenoxy) is 1. The van der Waals surface area contributed by atoms with Crippen LogP contribution in [-0.2, 0) is 16.0 Å². The number of hydrogen-bond acceptors (Lipinski definition) is 4. The molecular weight excluding hydrogens is 304 g/mol. The summed E-state index contributed by atoms with van der Waals surface area (Å²) in [5.41, 5.74) is 2.52. The molecule has 6 nitrogen and oxygen atoms in total. The number of aromatic amines is 1. The summed E-state index contributed by atoms with van der Waals surface area (Å²) in [6, 6.07) is 8.34. The third-order valence-electron chi connectivity index (χ3n) is 4.95. The lowest BCUT2D eigenvalue weighted by Gasteiger charge is -2.35. The van der Waals surface area contributed by atoms with Crippen molar-refractivity contribution in [2.45, 2.75) is 38.2 Å². The smallest absolute Gasteiger partial charge is 0.230 e. The molecule has 0 bridgehead atoms.